The minimum absolute atomic E-state index is 0.263. The van der Waals surface area contributed by atoms with Crippen molar-refractivity contribution in [3.05, 3.63) is 71.4 Å². The van der Waals surface area contributed by atoms with Crippen LogP contribution in [0.2, 0.25) is 0 Å². The van der Waals surface area contributed by atoms with Gasteiger partial charge in [-0.05, 0) is 56.2 Å². The number of carboxylic acids is 1. The number of carboxylic acid groups (broad SMARTS) is 1. The third kappa shape index (κ3) is 6.90. The highest BCUT2D eigenvalue weighted by Crippen LogP contribution is 2.38. The van der Waals surface area contributed by atoms with Crippen molar-refractivity contribution in [2.75, 3.05) is 0 Å². The van der Waals surface area contributed by atoms with E-state index >= 15 is 0 Å². The number of imide groups is 2. The smallest absolute Gasteiger partial charge is 0.489 e. The van der Waals surface area contributed by atoms with Gasteiger partial charge in [0.1, 0.15) is 17.8 Å². The van der Waals surface area contributed by atoms with Crippen molar-refractivity contribution in [1.29, 1.82) is 0 Å². The van der Waals surface area contributed by atoms with Crippen molar-refractivity contribution in [2.45, 2.75) is 51.4 Å². The van der Waals surface area contributed by atoms with Gasteiger partial charge in [-0.2, -0.15) is 13.2 Å². The number of rotatable bonds is 5. The highest BCUT2D eigenvalue weighted by molar-refractivity contribution is 6.20. The average molecular weight is 601 g/mol. The van der Waals surface area contributed by atoms with E-state index in [1.54, 1.807) is 24.3 Å². The Morgan fingerprint density at radius 3 is 2.30 bits per heavy atom. The molecule has 2 heterocycles. The van der Waals surface area contributed by atoms with Crippen LogP contribution in [0.1, 0.15) is 47.3 Å². The fourth-order valence-electron chi connectivity index (χ4n) is 5.09. The Bertz CT molecular complexity index is 1550. The normalized spacial score (nSPS) is 17.8. The topological polar surface area (TPSA) is 164 Å². The lowest BCUT2D eigenvalue weighted by molar-refractivity contribution is -0.192. The summed E-state index contributed by atoms with van der Waals surface area (Å²) in [4.78, 5) is 63.4. The molecule has 226 valence electrons. The number of urea groups is 1. The standard InChI is InChI=1S/C27H26N4O5.C2HF3O2/c1-16-14-18(20-6-2-3-7-21(20)28-16)15-36-19-11-9-17(10-12-19)23(32)29-22-8-4-5-13-27(22)24(33)30-26(35)31-25(27)34;3-2(4,5)1(6)7/h2-3,6-7,9-12,14,22H,4-5,8,13,15H2,1H3,(H,29,32)(H2,30,31,33,34,35);(H,6,7). The number of hydrogen-bond donors (Lipinski definition) is 4. The van der Waals surface area contributed by atoms with Crippen molar-refractivity contribution in [2.24, 2.45) is 5.41 Å². The predicted octanol–water partition coefficient (Wildman–Crippen LogP) is 3.78. The molecule has 1 unspecified atom stereocenters. The maximum absolute atomic E-state index is 13.0. The van der Waals surface area contributed by atoms with Gasteiger partial charge in [0.15, 0.2) is 0 Å². The molecule has 1 spiro atoms. The Hall–Kier alpha value is -5.01. The molecule has 5 amide bonds. The number of nitrogens with zero attached hydrogens (tertiary/aromatic N) is 1. The second kappa shape index (κ2) is 12.5. The summed E-state index contributed by atoms with van der Waals surface area (Å²) in [6, 6.07) is 15.0. The molecule has 2 fully saturated rings. The number of halogens is 3. The molecule has 14 heteroatoms. The Balaban J connectivity index is 0.000000541. The Kier molecular flexibility index (Phi) is 8.97. The maximum atomic E-state index is 13.0. The molecule has 1 saturated heterocycles. The number of carbonyl (C=O) groups excluding carboxylic acids is 4. The largest absolute Gasteiger partial charge is 0.490 e. The van der Waals surface area contributed by atoms with E-state index in [9.17, 15) is 32.3 Å². The quantitative estimate of drug-likeness (QED) is 0.322. The molecule has 2 aliphatic rings. The number of aryl methyl sites for hydroxylation is 1. The number of nitrogens with one attached hydrogen (secondary N) is 3. The third-order valence-corrected chi connectivity index (χ3v) is 7.16. The molecule has 3 aromatic rings. The van der Waals surface area contributed by atoms with Gasteiger partial charge in [0.2, 0.25) is 11.8 Å². The highest BCUT2D eigenvalue weighted by atomic mass is 19.4. The number of amides is 5. The first kappa shape index (κ1) is 30.9. The van der Waals surface area contributed by atoms with Crippen molar-refractivity contribution in [3.63, 3.8) is 0 Å². The van der Waals surface area contributed by atoms with E-state index in [1.807, 2.05) is 37.3 Å². The molecular formula is C29H27F3N4O7. The van der Waals surface area contributed by atoms with E-state index in [-0.39, 0.29) is 6.42 Å². The lowest BCUT2D eigenvalue weighted by Gasteiger charge is -2.43. The highest BCUT2D eigenvalue weighted by Gasteiger charge is 2.56. The van der Waals surface area contributed by atoms with E-state index in [4.69, 9.17) is 14.6 Å². The van der Waals surface area contributed by atoms with Gasteiger partial charge in [-0.3, -0.25) is 30.0 Å². The first-order chi connectivity index (χ1) is 20.3. The summed E-state index contributed by atoms with van der Waals surface area (Å²) in [6.45, 7) is 2.29. The first-order valence-corrected chi connectivity index (χ1v) is 13.2. The molecule has 43 heavy (non-hydrogen) atoms. The zero-order valence-electron chi connectivity index (χ0n) is 22.8. The minimum atomic E-state index is -5.08. The molecular weight excluding hydrogens is 573 g/mol. The van der Waals surface area contributed by atoms with Crippen LogP contribution in [-0.2, 0) is 21.0 Å². The summed E-state index contributed by atoms with van der Waals surface area (Å²) in [5.41, 5.74) is 1.72. The molecule has 0 bridgehead atoms. The lowest BCUT2D eigenvalue weighted by Crippen LogP contribution is -2.69. The summed E-state index contributed by atoms with van der Waals surface area (Å²) in [5, 5.41) is 15.4. The summed E-state index contributed by atoms with van der Waals surface area (Å²) in [6.07, 6.45) is -2.95. The molecule has 11 nitrogen and oxygen atoms in total. The van der Waals surface area contributed by atoms with Crippen LogP contribution in [0.4, 0.5) is 18.0 Å². The molecule has 2 aromatic carbocycles. The summed E-state index contributed by atoms with van der Waals surface area (Å²) < 4.78 is 37.7. The summed E-state index contributed by atoms with van der Waals surface area (Å²) in [5.74, 6) is -3.88. The van der Waals surface area contributed by atoms with Gasteiger partial charge in [-0.1, -0.05) is 31.0 Å². The Morgan fingerprint density at radius 1 is 1.05 bits per heavy atom. The van der Waals surface area contributed by atoms with Crippen LogP contribution in [0.25, 0.3) is 10.9 Å². The van der Waals surface area contributed by atoms with Gasteiger partial charge < -0.3 is 15.2 Å². The Morgan fingerprint density at radius 2 is 1.67 bits per heavy atom. The monoisotopic (exact) mass is 600 g/mol. The number of aromatic nitrogens is 1. The number of carbonyl (C=O) groups is 5. The second-order valence-corrected chi connectivity index (χ2v) is 10.0. The maximum Gasteiger partial charge on any atom is 0.490 e. The van der Waals surface area contributed by atoms with Crippen molar-refractivity contribution >= 4 is 40.6 Å². The number of aliphatic carboxylic acids is 1. The van der Waals surface area contributed by atoms with E-state index in [2.05, 4.69) is 20.9 Å². The van der Waals surface area contributed by atoms with Crippen LogP contribution >= 0.6 is 0 Å². The van der Waals surface area contributed by atoms with E-state index < -0.39 is 47.4 Å². The SMILES string of the molecule is Cc1cc(COc2ccc(C(=O)NC3CCCCC34C(=O)NC(=O)NC4=O)cc2)c2ccccc2n1.O=C(O)C(F)(F)F. The van der Waals surface area contributed by atoms with Crippen molar-refractivity contribution in [3.8, 4) is 5.75 Å². The third-order valence-electron chi connectivity index (χ3n) is 7.16. The molecule has 0 radical (unpaired) electrons. The van der Waals surface area contributed by atoms with Crippen LogP contribution < -0.4 is 20.7 Å². The van der Waals surface area contributed by atoms with Gasteiger partial charge in [-0.15, -0.1) is 0 Å². The number of hydrogen-bond acceptors (Lipinski definition) is 7. The minimum Gasteiger partial charge on any atom is -0.489 e. The van der Waals surface area contributed by atoms with Crippen LogP contribution in [0.15, 0.2) is 54.6 Å². The first-order valence-electron chi connectivity index (χ1n) is 13.2. The van der Waals surface area contributed by atoms with E-state index in [0.29, 0.717) is 30.8 Å². The van der Waals surface area contributed by atoms with Crippen LogP contribution in [0, 0.1) is 12.3 Å². The van der Waals surface area contributed by atoms with Crippen LogP contribution in [0.5, 0.6) is 5.75 Å². The molecule has 1 atom stereocenters. The molecule has 1 aromatic heterocycles. The summed E-state index contributed by atoms with van der Waals surface area (Å²) >= 11 is 0. The Labute approximate surface area is 242 Å². The number of para-hydroxylation sites is 1. The number of pyridine rings is 1. The molecule has 4 N–H and O–H groups in total. The van der Waals surface area contributed by atoms with Crippen LogP contribution in [-0.4, -0.2) is 52.0 Å². The molecule has 1 saturated carbocycles. The van der Waals surface area contributed by atoms with Gasteiger partial charge >= 0.3 is 18.2 Å². The van der Waals surface area contributed by atoms with E-state index in [0.717, 1.165) is 28.6 Å². The van der Waals surface area contributed by atoms with Gasteiger partial charge in [0.25, 0.3) is 5.91 Å². The average Bonchev–Trinajstić information content (AvgIpc) is 2.95. The van der Waals surface area contributed by atoms with E-state index in [1.165, 1.54) is 0 Å². The molecule has 1 aliphatic carbocycles. The zero-order valence-corrected chi connectivity index (χ0v) is 22.8. The number of benzene rings is 2. The number of alkyl halides is 3. The molecule has 5 rings (SSSR count). The zero-order chi connectivity index (χ0) is 31.4. The molecule has 1 aliphatic heterocycles. The predicted molar refractivity (Wildman–Crippen MR) is 145 cm³/mol. The number of fused-ring (bicyclic) bond motifs is 1. The van der Waals surface area contributed by atoms with Crippen molar-refractivity contribution in [1.82, 2.24) is 20.9 Å². The second-order valence-electron chi connectivity index (χ2n) is 10.0. The van der Waals surface area contributed by atoms with Crippen LogP contribution in [0.3, 0.4) is 0 Å². The number of barbiturate groups is 1. The van der Waals surface area contributed by atoms with Gasteiger partial charge in [0.05, 0.1) is 11.6 Å². The summed E-state index contributed by atoms with van der Waals surface area (Å²) in [7, 11) is 0. The number of ether oxygens (including phenoxy) is 1. The lowest BCUT2D eigenvalue weighted by atomic mass is 9.68. The van der Waals surface area contributed by atoms with Crippen molar-refractivity contribution < 1.29 is 47.0 Å². The fraction of sp³-hybridized carbons (Fsp3) is 0.310. The fourth-order valence-corrected chi connectivity index (χ4v) is 5.09. The van der Waals surface area contributed by atoms with Gasteiger partial charge in [0, 0.05) is 22.2 Å². The van der Waals surface area contributed by atoms with Gasteiger partial charge in [-0.25, -0.2) is 9.59 Å².